The van der Waals surface area contributed by atoms with Crippen molar-refractivity contribution in [2.75, 3.05) is 5.32 Å². The Bertz CT molecular complexity index is 1140. The van der Waals surface area contributed by atoms with Crippen LogP contribution in [0.25, 0.3) is 6.08 Å². The van der Waals surface area contributed by atoms with Gasteiger partial charge in [-0.05, 0) is 100 Å². The molecule has 0 aliphatic rings. The molecule has 0 bridgehead atoms. The molecule has 0 atom stereocenters. The van der Waals surface area contributed by atoms with Gasteiger partial charge < -0.3 is 10.1 Å². The summed E-state index contributed by atoms with van der Waals surface area (Å²) in [5, 5.41) is 12.3. The molecule has 0 fully saturated rings. The number of carbonyl (C=O) groups is 1. The fraction of sp³-hybridized carbons (Fsp3) is 0.120. The van der Waals surface area contributed by atoms with E-state index in [9.17, 15) is 10.1 Å². The van der Waals surface area contributed by atoms with Crippen LogP contribution in [0.5, 0.6) is 5.75 Å². The van der Waals surface area contributed by atoms with Gasteiger partial charge in [-0.25, -0.2) is 0 Å². The highest BCUT2D eigenvalue weighted by molar-refractivity contribution is 14.1. The van der Waals surface area contributed by atoms with Crippen LogP contribution in [0, 0.1) is 32.3 Å². The van der Waals surface area contributed by atoms with E-state index in [0.717, 1.165) is 29.6 Å². The fourth-order valence-electron chi connectivity index (χ4n) is 2.79. The monoisotopic (exact) mass is 634 g/mol. The van der Waals surface area contributed by atoms with Crippen LogP contribution in [0.2, 0.25) is 0 Å². The highest BCUT2D eigenvalue weighted by Crippen LogP contribution is 2.30. The average molecular weight is 634 g/mol. The number of nitrogens with one attached hydrogen (secondary N) is 1. The van der Waals surface area contributed by atoms with Crippen LogP contribution in [0.15, 0.2) is 66.2 Å². The zero-order chi connectivity index (χ0) is 22.4. The first-order valence-electron chi connectivity index (χ1n) is 9.53. The van der Waals surface area contributed by atoms with Crippen LogP contribution >= 0.6 is 45.2 Å². The Morgan fingerprint density at radius 2 is 1.55 bits per heavy atom. The molecule has 0 unspecified atom stereocenters. The third-order valence-electron chi connectivity index (χ3n) is 4.51. The van der Waals surface area contributed by atoms with Crippen molar-refractivity contribution in [3.8, 4) is 11.8 Å². The van der Waals surface area contributed by atoms with Gasteiger partial charge in [-0.3, -0.25) is 4.79 Å². The predicted molar refractivity (Wildman–Crippen MR) is 141 cm³/mol. The van der Waals surface area contributed by atoms with Crippen molar-refractivity contribution in [1.29, 1.82) is 5.26 Å². The van der Waals surface area contributed by atoms with Gasteiger partial charge in [0, 0.05) is 5.69 Å². The Balaban J connectivity index is 1.76. The second kappa shape index (κ2) is 10.8. The standard InChI is InChI=1S/C25H20I2N2O2/c1-16-3-7-18(8-4-16)15-31-24-22(26)12-19(13-23(24)27)11-20(14-28)25(30)29-21-9-5-17(2)6-10-21/h3-13H,15H2,1-2H3,(H,29,30)/b20-11+. The van der Waals surface area contributed by atoms with Gasteiger partial charge in [0.25, 0.3) is 5.91 Å². The zero-order valence-corrected chi connectivity index (χ0v) is 21.4. The lowest BCUT2D eigenvalue weighted by molar-refractivity contribution is -0.112. The van der Waals surface area contributed by atoms with Crippen molar-refractivity contribution in [2.45, 2.75) is 20.5 Å². The van der Waals surface area contributed by atoms with Gasteiger partial charge in [0.1, 0.15) is 24.0 Å². The van der Waals surface area contributed by atoms with Crippen molar-refractivity contribution in [1.82, 2.24) is 0 Å². The number of hydrogen-bond donors (Lipinski definition) is 1. The molecular formula is C25H20I2N2O2. The van der Waals surface area contributed by atoms with Crippen molar-refractivity contribution in [3.63, 3.8) is 0 Å². The number of benzene rings is 3. The first-order chi connectivity index (χ1) is 14.9. The lowest BCUT2D eigenvalue weighted by Crippen LogP contribution is -2.13. The smallest absolute Gasteiger partial charge is 0.266 e. The van der Waals surface area contributed by atoms with E-state index in [1.165, 1.54) is 5.56 Å². The summed E-state index contributed by atoms with van der Waals surface area (Å²) in [4.78, 5) is 12.5. The van der Waals surface area contributed by atoms with E-state index in [4.69, 9.17) is 4.74 Å². The van der Waals surface area contributed by atoms with Gasteiger partial charge >= 0.3 is 0 Å². The summed E-state index contributed by atoms with van der Waals surface area (Å²) in [6.45, 7) is 4.51. The van der Waals surface area contributed by atoms with E-state index < -0.39 is 5.91 Å². The van der Waals surface area contributed by atoms with E-state index >= 15 is 0 Å². The third kappa shape index (κ3) is 6.55. The third-order valence-corrected chi connectivity index (χ3v) is 6.11. The molecule has 1 N–H and O–H groups in total. The Labute approximate surface area is 209 Å². The molecule has 6 heteroatoms. The summed E-state index contributed by atoms with van der Waals surface area (Å²) in [7, 11) is 0. The number of amides is 1. The highest BCUT2D eigenvalue weighted by Gasteiger charge is 2.13. The van der Waals surface area contributed by atoms with Crippen LogP contribution < -0.4 is 10.1 Å². The SMILES string of the molecule is Cc1ccc(COc2c(I)cc(/C=C(\C#N)C(=O)Nc3ccc(C)cc3)cc2I)cc1. The largest absolute Gasteiger partial charge is 0.487 e. The quantitative estimate of drug-likeness (QED) is 0.188. The summed E-state index contributed by atoms with van der Waals surface area (Å²) in [6, 6.07) is 21.5. The van der Waals surface area contributed by atoms with Crippen LogP contribution in [-0.2, 0) is 11.4 Å². The van der Waals surface area contributed by atoms with Gasteiger partial charge in [-0.2, -0.15) is 5.26 Å². The van der Waals surface area contributed by atoms with Crippen LogP contribution in [-0.4, -0.2) is 5.91 Å². The van der Waals surface area contributed by atoms with E-state index in [-0.39, 0.29) is 5.57 Å². The Morgan fingerprint density at radius 1 is 1.00 bits per heavy atom. The van der Waals surface area contributed by atoms with Gasteiger partial charge in [-0.15, -0.1) is 0 Å². The molecule has 0 aliphatic carbocycles. The minimum atomic E-state index is -0.434. The molecule has 0 radical (unpaired) electrons. The predicted octanol–water partition coefficient (Wildman–Crippen LogP) is 6.64. The number of halogens is 2. The van der Waals surface area contributed by atoms with Gasteiger partial charge in [0.15, 0.2) is 0 Å². The van der Waals surface area contributed by atoms with Crippen LogP contribution in [0.1, 0.15) is 22.3 Å². The molecule has 156 valence electrons. The number of nitriles is 1. The highest BCUT2D eigenvalue weighted by atomic mass is 127. The van der Waals surface area contributed by atoms with Crippen molar-refractivity contribution in [2.24, 2.45) is 0 Å². The molecule has 3 aromatic carbocycles. The van der Waals surface area contributed by atoms with E-state index in [2.05, 4.69) is 81.7 Å². The lowest BCUT2D eigenvalue weighted by atomic mass is 10.1. The molecule has 4 nitrogen and oxygen atoms in total. The Morgan fingerprint density at radius 3 is 2.10 bits per heavy atom. The van der Waals surface area contributed by atoms with E-state index in [1.54, 1.807) is 6.08 Å². The molecule has 1 amide bonds. The number of rotatable bonds is 6. The lowest BCUT2D eigenvalue weighted by Gasteiger charge is -2.12. The number of anilines is 1. The molecule has 31 heavy (non-hydrogen) atoms. The molecule has 3 rings (SSSR count). The van der Waals surface area contributed by atoms with Gasteiger partial charge in [-0.1, -0.05) is 47.5 Å². The Kier molecular flexibility index (Phi) is 8.09. The molecule has 0 heterocycles. The molecule has 0 aliphatic heterocycles. The van der Waals surface area contributed by atoms with Crippen molar-refractivity contribution < 1.29 is 9.53 Å². The maximum atomic E-state index is 12.5. The maximum absolute atomic E-state index is 12.5. The summed E-state index contributed by atoms with van der Waals surface area (Å²) in [5.74, 6) is 0.359. The van der Waals surface area contributed by atoms with Crippen molar-refractivity contribution >= 4 is 62.9 Å². The molecule has 0 saturated heterocycles. The number of ether oxygens (including phenoxy) is 1. The number of nitrogens with zero attached hydrogens (tertiary/aromatic N) is 1. The molecular weight excluding hydrogens is 614 g/mol. The second-order valence-electron chi connectivity index (χ2n) is 7.08. The molecule has 0 aromatic heterocycles. The number of aryl methyl sites for hydroxylation is 2. The summed E-state index contributed by atoms with van der Waals surface area (Å²) < 4.78 is 7.87. The number of carbonyl (C=O) groups excluding carboxylic acids is 1. The summed E-state index contributed by atoms with van der Waals surface area (Å²) in [5.41, 5.74) is 4.88. The summed E-state index contributed by atoms with van der Waals surface area (Å²) >= 11 is 4.43. The van der Waals surface area contributed by atoms with Gasteiger partial charge in [0.2, 0.25) is 0 Å². The van der Waals surface area contributed by atoms with Gasteiger partial charge in [0.05, 0.1) is 7.14 Å². The van der Waals surface area contributed by atoms with E-state index in [0.29, 0.717) is 12.3 Å². The maximum Gasteiger partial charge on any atom is 0.266 e. The first kappa shape index (κ1) is 23.3. The van der Waals surface area contributed by atoms with Crippen molar-refractivity contribution in [3.05, 3.63) is 95.6 Å². The first-order valence-corrected chi connectivity index (χ1v) is 11.7. The number of hydrogen-bond acceptors (Lipinski definition) is 3. The second-order valence-corrected chi connectivity index (χ2v) is 9.40. The summed E-state index contributed by atoms with van der Waals surface area (Å²) in [6.07, 6.45) is 1.59. The fourth-order valence-corrected chi connectivity index (χ4v) is 4.92. The molecule has 0 spiro atoms. The normalized spacial score (nSPS) is 11.0. The topological polar surface area (TPSA) is 62.1 Å². The van der Waals surface area contributed by atoms with Crippen LogP contribution in [0.4, 0.5) is 5.69 Å². The molecule has 0 saturated carbocycles. The Hall–Kier alpha value is -2.38. The average Bonchev–Trinajstić information content (AvgIpc) is 2.74. The van der Waals surface area contributed by atoms with E-state index in [1.807, 2.05) is 49.4 Å². The molecule has 3 aromatic rings. The minimum Gasteiger partial charge on any atom is -0.487 e. The minimum absolute atomic E-state index is 0.0421. The zero-order valence-electron chi connectivity index (χ0n) is 17.1. The van der Waals surface area contributed by atoms with Crippen LogP contribution in [0.3, 0.4) is 0 Å².